The highest BCUT2D eigenvalue weighted by Crippen LogP contribution is 2.31. The first-order valence-electron chi connectivity index (χ1n) is 6.94. The van der Waals surface area contributed by atoms with Gasteiger partial charge in [0, 0.05) is 11.1 Å². The molecule has 7 nitrogen and oxygen atoms in total. The molecule has 0 radical (unpaired) electrons. The van der Waals surface area contributed by atoms with E-state index in [-0.39, 0.29) is 17.8 Å². The number of nitrogens with one attached hydrogen (secondary N) is 3. The number of hydrogen-bond acceptors (Lipinski definition) is 4. The summed E-state index contributed by atoms with van der Waals surface area (Å²) in [5, 5.41) is 16.2. The second-order valence-electron chi connectivity index (χ2n) is 5.39. The Hall–Kier alpha value is -1.83. The average molecular weight is 313 g/mol. The topological polar surface area (TPSA) is 111 Å². The fourth-order valence-electron chi connectivity index (χ4n) is 2.73. The molecule has 1 aliphatic rings. The van der Waals surface area contributed by atoms with E-state index >= 15 is 0 Å². The minimum atomic E-state index is -0.903. The van der Waals surface area contributed by atoms with E-state index in [0.29, 0.717) is 18.5 Å². The zero-order valence-corrected chi connectivity index (χ0v) is 12.4. The Morgan fingerprint density at radius 3 is 2.62 bits per heavy atom. The number of aromatic amines is 1. The molecule has 0 aliphatic heterocycles. The minimum absolute atomic E-state index is 0.0598. The Bertz CT molecular complexity index is 560. The molecule has 0 atom stereocenters. The zero-order valence-electron chi connectivity index (χ0n) is 11.6. The van der Waals surface area contributed by atoms with Crippen molar-refractivity contribution in [3.05, 3.63) is 20.7 Å². The van der Waals surface area contributed by atoms with Gasteiger partial charge in [-0.3, -0.25) is 9.59 Å². The quantitative estimate of drug-likeness (QED) is 0.658. The van der Waals surface area contributed by atoms with Gasteiger partial charge in [-0.05, 0) is 12.8 Å². The second-order valence-corrected chi connectivity index (χ2v) is 6.23. The van der Waals surface area contributed by atoms with Crippen molar-refractivity contribution in [3.8, 4) is 0 Å². The summed E-state index contributed by atoms with van der Waals surface area (Å²) >= 11 is 1.04. The molecule has 1 fully saturated rings. The van der Waals surface area contributed by atoms with Crippen LogP contribution in [0.3, 0.4) is 0 Å². The van der Waals surface area contributed by atoms with E-state index in [4.69, 9.17) is 5.11 Å². The van der Waals surface area contributed by atoms with Crippen LogP contribution < -0.4 is 15.5 Å². The number of urea groups is 1. The SMILES string of the molecule is O=C(O)CC1(NC(=O)NCc2csc(=O)[nH]2)CCCCC1. The third kappa shape index (κ3) is 4.59. The highest BCUT2D eigenvalue weighted by molar-refractivity contribution is 7.07. The van der Waals surface area contributed by atoms with Crippen LogP contribution in [0.5, 0.6) is 0 Å². The van der Waals surface area contributed by atoms with E-state index in [1.807, 2.05) is 0 Å². The summed E-state index contributed by atoms with van der Waals surface area (Å²) < 4.78 is 0. The Morgan fingerprint density at radius 2 is 2.05 bits per heavy atom. The van der Waals surface area contributed by atoms with Crippen LogP contribution in [0.15, 0.2) is 10.2 Å². The first-order valence-corrected chi connectivity index (χ1v) is 7.82. The van der Waals surface area contributed by atoms with Crippen LogP contribution in [0.4, 0.5) is 4.79 Å². The van der Waals surface area contributed by atoms with Crippen molar-refractivity contribution in [1.29, 1.82) is 0 Å². The van der Waals surface area contributed by atoms with E-state index < -0.39 is 17.5 Å². The van der Waals surface area contributed by atoms with Crippen LogP contribution in [0.25, 0.3) is 0 Å². The molecule has 2 rings (SSSR count). The molecule has 2 amide bonds. The number of thiazole rings is 1. The van der Waals surface area contributed by atoms with Crippen molar-refractivity contribution in [1.82, 2.24) is 15.6 Å². The molecule has 1 heterocycles. The molecule has 0 spiro atoms. The first-order chi connectivity index (χ1) is 9.99. The normalized spacial score (nSPS) is 17.1. The van der Waals surface area contributed by atoms with Crippen LogP contribution in [0.1, 0.15) is 44.2 Å². The van der Waals surface area contributed by atoms with Crippen LogP contribution >= 0.6 is 11.3 Å². The van der Waals surface area contributed by atoms with Gasteiger partial charge < -0.3 is 20.7 Å². The lowest BCUT2D eigenvalue weighted by Gasteiger charge is -2.36. The van der Waals surface area contributed by atoms with Gasteiger partial charge in [0.25, 0.3) is 0 Å². The molecular formula is C13H19N3O4S. The van der Waals surface area contributed by atoms with Gasteiger partial charge in [-0.25, -0.2) is 4.79 Å². The molecule has 4 N–H and O–H groups in total. The molecule has 0 bridgehead atoms. The molecule has 0 aromatic carbocycles. The summed E-state index contributed by atoms with van der Waals surface area (Å²) in [6.45, 7) is 0.216. The highest BCUT2D eigenvalue weighted by Gasteiger charge is 2.35. The molecule has 1 aromatic heterocycles. The summed E-state index contributed by atoms with van der Waals surface area (Å²) in [7, 11) is 0. The molecule has 1 saturated carbocycles. The molecule has 0 unspecified atom stereocenters. The Labute approximate surface area is 125 Å². The lowest BCUT2D eigenvalue weighted by Crippen LogP contribution is -2.54. The van der Waals surface area contributed by atoms with Crippen molar-refractivity contribution in [2.75, 3.05) is 0 Å². The molecule has 21 heavy (non-hydrogen) atoms. The number of rotatable bonds is 5. The molecule has 1 aliphatic carbocycles. The third-order valence-corrected chi connectivity index (χ3v) is 4.41. The largest absolute Gasteiger partial charge is 0.481 e. The summed E-state index contributed by atoms with van der Waals surface area (Å²) in [6.07, 6.45) is 4.22. The van der Waals surface area contributed by atoms with Crippen molar-refractivity contribution in [2.45, 2.75) is 50.6 Å². The van der Waals surface area contributed by atoms with Crippen molar-refractivity contribution in [2.24, 2.45) is 0 Å². The van der Waals surface area contributed by atoms with E-state index in [9.17, 15) is 14.4 Å². The number of amides is 2. The Morgan fingerprint density at radius 1 is 1.33 bits per heavy atom. The van der Waals surface area contributed by atoms with Gasteiger partial charge in [-0.1, -0.05) is 30.6 Å². The van der Waals surface area contributed by atoms with Gasteiger partial charge >= 0.3 is 16.9 Å². The summed E-state index contributed by atoms with van der Waals surface area (Å²) in [5.74, 6) is -0.903. The van der Waals surface area contributed by atoms with Gasteiger partial charge in [-0.15, -0.1) is 0 Å². The van der Waals surface area contributed by atoms with Crippen molar-refractivity contribution < 1.29 is 14.7 Å². The maximum atomic E-state index is 12.0. The summed E-state index contributed by atoms with van der Waals surface area (Å²) in [5.41, 5.74) is -0.0213. The first kappa shape index (κ1) is 15.6. The van der Waals surface area contributed by atoms with Gasteiger partial charge in [0.15, 0.2) is 0 Å². The van der Waals surface area contributed by atoms with Crippen LogP contribution in [0, 0.1) is 0 Å². The zero-order chi connectivity index (χ0) is 15.3. The fourth-order valence-corrected chi connectivity index (χ4v) is 3.31. The number of carboxylic acids is 1. The van der Waals surface area contributed by atoms with Crippen LogP contribution in [-0.2, 0) is 11.3 Å². The maximum Gasteiger partial charge on any atom is 0.315 e. The standard InChI is InChI=1S/C13H19N3O4S/c17-10(18)6-13(4-2-1-3-5-13)16-11(19)14-7-9-8-21-12(20)15-9/h8H,1-7H2,(H,15,20)(H,17,18)(H2,14,16,19). The third-order valence-electron chi connectivity index (χ3n) is 3.69. The molecular weight excluding hydrogens is 294 g/mol. The summed E-state index contributed by atoms with van der Waals surface area (Å²) in [6, 6.07) is -0.398. The predicted molar refractivity (Wildman–Crippen MR) is 78.4 cm³/mol. The minimum Gasteiger partial charge on any atom is -0.481 e. The second kappa shape index (κ2) is 6.75. The highest BCUT2D eigenvalue weighted by atomic mass is 32.1. The van der Waals surface area contributed by atoms with Crippen molar-refractivity contribution in [3.63, 3.8) is 0 Å². The number of H-pyrrole nitrogens is 1. The molecule has 8 heteroatoms. The summed E-state index contributed by atoms with van der Waals surface area (Å²) in [4.78, 5) is 36.4. The van der Waals surface area contributed by atoms with E-state index in [0.717, 1.165) is 30.6 Å². The monoisotopic (exact) mass is 313 g/mol. The van der Waals surface area contributed by atoms with Crippen LogP contribution in [0.2, 0.25) is 0 Å². The predicted octanol–water partition coefficient (Wildman–Crippen LogP) is 1.41. The van der Waals surface area contributed by atoms with E-state index in [1.54, 1.807) is 5.38 Å². The molecule has 1 aromatic rings. The van der Waals surface area contributed by atoms with Gasteiger partial charge in [-0.2, -0.15) is 0 Å². The number of hydrogen-bond donors (Lipinski definition) is 4. The van der Waals surface area contributed by atoms with Gasteiger partial charge in [0.2, 0.25) is 0 Å². The van der Waals surface area contributed by atoms with E-state index in [1.165, 1.54) is 0 Å². The van der Waals surface area contributed by atoms with Crippen molar-refractivity contribution >= 4 is 23.3 Å². The number of carbonyl (C=O) groups excluding carboxylic acids is 1. The number of aliphatic carboxylic acids is 1. The number of aromatic nitrogens is 1. The lowest BCUT2D eigenvalue weighted by molar-refractivity contribution is -0.139. The number of carbonyl (C=O) groups is 2. The Balaban J connectivity index is 1.91. The smallest absolute Gasteiger partial charge is 0.315 e. The maximum absolute atomic E-state index is 12.0. The number of carboxylic acid groups (broad SMARTS) is 1. The van der Waals surface area contributed by atoms with Gasteiger partial charge in [0.1, 0.15) is 0 Å². The van der Waals surface area contributed by atoms with E-state index in [2.05, 4.69) is 15.6 Å². The molecule has 116 valence electrons. The average Bonchev–Trinajstić information content (AvgIpc) is 2.82. The van der Waals surface area contributed by atoms with Crippen LogP contribution in [-0.4, -0.2) is 27.6 Å². The fraction of sp³-hybridized carbons (Fsp3) is 0.615. The lowest BCUT2D eigenvalue weighted by atomic mass is 9.79. The Kier molecular flexibility index (Phi) is 5.00. The molecule has 0 saturated heterocycles. The van der Waals surface area contributed by atoms with Gasteiger partial charge in [0.05, 0.1) is 18.5 Å².